The van der Waals surface area contributed by atoms with Crippen LogP contribution < -0.4 is 5.32 Å². The molecule has 5 nitrogen and oxygen atoms in total. The summed E-state index contributed by atoms with van der Waals surface area (Å²) in [5.74, 6) is -0.927. The summed E-state index contributed by atoms with van der Waals surface area (Å²) in [5.41, 5.74) is -0.582. The third kappa shape index (κ3) is 3.96. The van der Waals surface area contributed by atoms with Crippen molar-refractivity contribution in [1.29, 1.82) is 0 Å². The predicted molar refractivity (Wildman–Crippen MR) is 66.0 cm³/mol. The number of hydrogen-bond acceptors (Lipinski definition) is 4. The lowest BCUT2D eigenvalue weighted by atomic mass is 10.1. The van der Waals surface area contributed by atoms with Gasteiger partial charge in [-0.1, -0.05) is 6.08 Å². The Balaban J connectivity index is 2.49. The van der Waals surface area contributed by atoms with Crippen LogP contribution in [0.25, 0.3) is 0 Å². The molecule has 96 valence electrons. The fraction of sp³-hybridized carbons (Fsp3) is 0.636. The van der Waals surface area contributed by atoms with E-state index in [0.29, 0.717) is 6.42 Å². The molecule has 0 radical (unpaired) electrons. The fourth-order valence-corrected chi connectivity index (χ4v) is 2.22. The van der Waals surface area contributed by atoms with Gasteiger partial charge in [0.2, 0.25) is 0 Å². The molecule has 1 heterocycles. The van der Waals surface area contributed by atoms with Crippen LogP contribution in [0.2, 0.25) is 0 Å². The molecule has 0 aliphatic carbocycles. The summed E-state index contributed by atoms with van der Waals surface area (Å²) in [7, 11) is 0. The number of hydrogen-bond donors (Lipinski definition) is 2. The van der Waals surface area contributed by atoms with Gasteiger partial charge in [0.1, 0.15) is 10.3 Å². The van der Waals surface area contributed by atoms with Gasteiger partial charge in [-0.15, -0.1) is 11.8 Å². The van der Waals surface area contributed by atoms with E-state index in [1.807, 2.05) is 0 Å². The van der Waals surface area contributed by atoms with E-state index in [1.54, 1.807) is 32.3 Å². The van der Waals surface area contributed by atoms with E-state index in [4.69, 9.17) is 9.84 Å². The zero-order chi connectivity index (χ0) is 13.1. The molecule has 1 rings (SSSR count). The summed E-state index contributed by atoms with van der Waals surface area (Å²) in [6, 6.07) is 0. The number of carbonyl (C=O) groups excluding carboxylic acids is 1. The van der Waals surface area contributed by atoms with Crippen molar-refractivity contribution in [2.45, 2.75) is 37.5 Å². The SMILES string of the molecule is CC(C)(C)OC(=O)NCC1(C(=O)O)CC=CS1. The summed E-state index contributed by atoms with van der Waals surface area (Å²) < 4.78 is 4.06. The second-order valence-corrected chi connectivity index (χ2v) is 6.14. The second kappa shape index (κ2) is 5.00. The molecule has 0 saturated heterocycles. The normalized spacial score (nSPS) is 23.5. The first-order valence-corrected chi connectivity index (χ1v) is 6.16. The van der Waals surface area contributed by atoms with Crippen molar-refractivity contribution in [2.75, 3.05) is 6.54 Å². The highest BCUT2D eigenvalue weighted by molar-refractivity contribution is 8.04. The molecule has 0 fully saturated rings. The van der Waals surface area contributed by atoms with Gasteiger partial charge in [0.15, 0.2) is 0 Å². The number of allylic oxidation sites excluding steroid dienone is 1. The molecule has 0 saturated carbocycles. The zero-order valence-corrected chi connectivity index (χ0v) is 11.0. The average Bonchev–Trinajstić information content (AvgIpc) is 2.61. The predicted octanol–water partition coefficient (Wildman–Crippen LogP) is 1.99. The van der Waals surface area contributed by atoms with Gasteiger partial charge >= 0.3 is 12.1 Å². The molecule has 1 atom stereocenters. The molecule has 0 aromatic heterocycles. The average molecular weight is 259 g/mol. The van der Waals surface area contributed by atoms with Crippen LogP contribution in [0.15, 0.2) is 11.5 Å². The molecule has 1 aliphatic rings. The Morgan fingerprint density at radius 1 is 1.53 bits per heavy atom. The number of amides is 1. The molecule has 17 heavy (non-hydrogen) atoms. The number of carbonyl (C=O) groups is 2. The smallest absolute Gasteiger partial charge is 0.407 e. The van der Waals surface area contributed by atoms with Crippen molar-refractivity contribution >= 4 is 23.8 Å². The van der Waals surface area contributed by atoms with Crippen molar-refractivity contribution in [3.8, 4) is 0 Å². The molecule has 0 bridgehead atoms. The third-order valence-electron chi connectivity index (χ3n) is 2.14. The Hall–Kier alpha value is -1.17. The second-order valence-electron chi connectivity index (χ2n) is 4.85. The van der Waals surface area contributed by atoms with Crippen molar-refractivity contribution in [1.82, 2.24) is 5.32 Å². The van der Waals surface area contributed by atoms with Gasteiger partial charge in [0.05, 0.1) is 0 Å². The quantitative estimate of drug-likeness (QED) is 0.810. The van der Waals surface area contributed by atoms with E-state index >= 15 is 0 Å². The molecule has 1 aliphatic heterocycles. The maximum atomic E-state index is 11.4. The number of alkyl carbamates (subject to hydrolysis) is 1. The molecule has 0 aromatic carbocycles. The van der Waals surface area contributed by atoms with E-state index in [1.165, 1.54) is 11.8 Å². The van der Waals surface area contributed by atoms with Gasteiger partial charge in [-0.05, 0) is 32.6 Å². The van der Waals surface area contributed by atoms with Crippen LogP contribution in [-0.2, 0) is 9.53 Å². The Labute approximate surface area is 105 Å². The van der Waals surface area contributed by atoms with E-state index in [9.17, 15) is 9.59 Å². The summed E-state index contributed by atoms with van der Waals surface area (Å²) in [4.78, 5) is 22.6. The summed E-state index contributed by atoms with van der Waals surface area (Å²) in [6.45, 7) is 5.32. The lowest BCUT2D eigenvalue weighted by Crippen LogP contribution is -2.46. The minimum absolute atomic E-state index is 0.0505. The lowest BCUT2D eigenvalue weighted by molar-refractivity contribution is -0.139. The minimum atomic E-state index is -0.989. The summed E-state index contributed by atoms with van der Waals surface area (Å²) >= 11 is 1.21. The third-order valence-corrected chi connectivity index (χ3v) is 3.41. The van der Waals surface area contributed by atoms with E-state index < -0.39 is 22.4 Å². The number of ether oxygens (including phenoxy) is 1. The van der Waals surface area contributed by atoms with Crippen molar-refractivity contribution in [2.24, 2.45) is 0 Å². The summed E-state index contributed by atoms with van der Waals surface area (Å²) in [5, 5.41) is 13.4. The molecule has 0 spiro atoms. The Morgan fingerprint density at radius 3 is 2.59 bits per heavy atom. The van der Waals surface area contributed by atoms with E-state index in [-0.39, 0.29) is 6.54 Å². The van der Waals surface area contributed by atoms with Crippen molar-refractivity contribution < 1.29 is 19.4 Å². The van der Waals surface area contributed by atoms with Gasteiger partial charge in [0.25, 0.3) is 0 Å². The number of rotatable bonds is 3. The van der Waals surface area contributed by atoms with Crippen LogP contribution in [0, 0.1) is 0 Å². The molecule has 1 amide bonds. The fourth-order valence-electron chi connectivity index (χ4n) is 1.32. The molecule has 6 heteroatoms. The first-order chi connectivity index (χ1) is 7.75. The molecular weight excluding hydrogens is 242 g/mol. The zero-order valence-electron chi connectivity index (χ0n) is 10.1. The van der Waals surface area contributed by atoms with Gasteiger partial charge in [-0.25, -0.2) is 4.79 Å². The standard InChI is InChI=1S/C11H17NO4S/c1-10(2,3)16-9(15)12-7-11(8(13)14)5-4-6-17-11/h4,6H,5,7H2,1-3H3,(H,12,15)(H,13,14). The van der Waals surface area contributed by atoms with Gasteiger partial charge in [-0.2, -0.15) is 0 Å². The van der Waals surface area contributed by atoms with Crippen LogP contribution in [-0.4, -0.2) is 34.1 Å². The number of carboxylic acids is 1. The van der Waals surface area contributed by atoms with Crippen LogP contribution >= 0.6 is 11.8 Å². The topological polar surface area (TPSA) is 75.6 Å². The highest BCUT2D eigenvalue weighted by Gasteiger charge is 2.40. The van der Waals surface area contributed by atoms with Crippen molar-refractivity contribution in [3.63, 3.8) is 0 Å². The molecule has 1 unspecified atom stereocenters. The summed E-state index contributed by atoms with van der Waals surface area (Å²) in [6.07, 6.45) is 1.60. The lowest BCUT2D eigenvalue weighted by Gasteiger charge is -2.25. The number of nitrogens with one attached hydrogen (secondary N) is 1. The van der Waals surface area contributed by atoms with Gasteiger partial charge < -0.3 is 15.2 Å². The number of aliphatic carboxylic acids is 1. The largest absolute Gasteiger partial charge is 0.480 e. The number of thioether (sulfide) groups is 1. The Kier molecular flexibility index (Phi) is 4.08. The van der Waals surface area contributed by atoms with Crippen LogP contribution in [0.4, 0.5) is 4.79 Å². The first kappa shape index (κ1) is 13.9. The first-order valence-electron chi connectivity index (χ1n) is 5.28. The monoisotopic (exact) mass is 259 g/mol. The maximum absolute atomic E-state index is 11.4. The Bertz CT molecular complexity index is 338. The van der Waals surface area contributed by atoms with Crippen LogP contribution in [0.5, 0.6) is 0 Å². The highest BCUT2D eigenvalue weighted by Crippen LogP contribution is 2.36. The van der Waals surface area contributed by atoms with E-state index in [2.05, 4.69) is 5.32 Å². The van der Waals surface area contributed by atoms with Gasteiger partial charge in [-0.3, -0.25) is 4.79 Å². The maximum Gasteiger partial charge on any atom is 0.407 e. The van der Waals surface area contributed by atoms with Crippen LogP contribution in [0.3, 0.4) is 0 Å². The number of carboxylic acid groups (broad SMARTS) is 1. The minimum Gasteiger partial charge on any atom is -0.480 e. The van der Waals surface area contributed by atoms with Crippen LogP contribution in [0.1, 0.15) is 27.2 Å². The highest BCUT2D eigenvalue weighted by atomic mass is 32.2. The molecule has 2 N–H and O–H groups in total. The Morgan fingerprint density at radius 2 is 2.18 bits per heavy atom. The molecule has 0 aromatic rings. The molecular formula is C11H17NO4S. The van der Waals surface area contributed by atoms with E-state index in [0.717, 1.165) is 0 Å². The van der Waals surface area contributed by atoms with Gasteiger partial charge in [0, 0.05) is 6.54 Å². The van der Waals surface area contributed by atoms with Crippen molar-refractivity contribution in [3.05, 3.63) is 11.5 Å².